The smallest absolute Gasteiger partial charge is 0.239 e. The Hall–Kier alpha value is -3.11. The van der Waals surface area contributed by atoms with Crippen molar-refractivity contribution in [1.82, 2.24) is 25.2 Å². The first kappa shape index (κ1) is 29.4. The first-order chi connectivity index (χ1) is 19.8. The molecule has 3 aromatic rings. The highest BCUT2D eigenvalue weighted by Crippen LogP contribution is 2.40. The van der Waals surface area contributed by atoms with Crippen molar-refractivity contribution in [1.29, 1.82) is 0 Å². The number of nitrogens with zero attached hydrogens (tertiary/aromatic N) is 5. The van der Waals surface area contributed by atoms with Crippen molar-refractivity contribution in [2.75, 3.05) is 82.4 Å². The van der Waals surface area contributed by atoms with Gasteiger partial charge in [0, 0.05) is 56.7 Å². The summed E-state index contributed by atoms with van der Waals surface area (Å²) < 4.78 is 24.3. The van der Waals surface area contributed by atoms with Crippen LogP contribution >= 0.6 is 18.7 Å². The van der Waals surface area contributed by atoms with Gasteiger partial charge in [-0.15, -0.1) is 0 Å². The van der Waals surface area contributed by atoms with Crippen LogP contribution in [0.2, 0.25) is 5.02 Å². The van der Waals surface area contributed by atoms with E-state index in [2.05, 4.69) is 35.7 Å². The van der Waals surface area contributed by atoms with E-state index >= 15 is 0 Å². The van der Waals surface area contributed by atoms with E-state index in [9.17, 15) is 4.57 Å². The van der Waals surface area contributed by atoms with Crippen molar-refractivity contribution in [3.05, 3.63) is 41.6 Å². The van der Waals surface area contributed by atoms with Crippen LogP contribution < -0.4 is 35.6 Å². The fourth-order valence-electron chi connectivity index (χ4n) is 5.39. The molecule has 0 aliphatic carbocycles. The molecule has 2 aliphatic rings. The Labute approximate surface area is 246 Å². The van der Waals surface area contributed by atoms with E-state index in [1.54, 1.807) is 27.5 Å². The quantitative estimate of drug-likeness (QED) is 0.308. The summed E-state index contributed by atoms with van der Waals surface area (Å²) in [5.74, 6) is 2.47. The summed E-state index contributed by atoms with van der Waals surface area (Å²) >= 11 is 6.44. The number of methoxy groups -OCH3 is 2. The minimum absolute atomic E-state index is 0.289. The van der Waals surface area contributed by atoms with Gasteiger partial charge in [-0.25, -0.2) is 4.98 Å². The maximum absolute atomic E-state index is 12.8. The molecule has 4 heterocycles. The third-order valence-corrected chi connectivity index (χ3v) is 9.33. The molecule has 0 atom stereocenters. The van der Waals surface area contributed by atoms with E-state index in [-0.39, 0.29) is 5.95 Å². The number of hydrogen-bond acceptors (Lipinski definition) is 11. The van der Waals surface area contributed by atoms with Gasteiger partial charge in [0.2, 0.25) is 11.8 Å². The van der Waals surface area contributed by atoms with Crippen LogP contribution in [0, 0.1) is 0 Å². The number of piperidine rings is 1. The van der Waals surface area contributed by atoms with Crippen molar-refractivity contribution in [2.45, 2.75) is 18.9 Å². The lowest BCUT2D eigenvalue weighted by molar-refractivity contribution is 0.149. The summed E-state index contributed by atoms with van der Waals surface area (Å²) in [7, 11) is 0.692. The predicted molar refractivity (Wildman–Crippen MR) is 166 cm³/mol. The van der Waals surface area contributed by atoms with Gasteiger partial charge in [0.15, 0.2) is 17.4 Å². The second kappa shape index (κ2) is 12.8. The van der Waals surface area contributed by atoms with Gasteiger partial charge >= 0.3 is 0 Å². The number of halogens is 1. The predicted octanol–water partition coefficient (Wildman–Crippen LogP) is 4.15. The van der Waals surface area contributed by atoms with Crippen LogP contribution in [0.15, 0.2) is 36.5 Å². The van der Waals surface area contributed by atoms with Crippen LogP contribution in [-0.4, -0.2) is 92.7 Å². The van der Waals surface area contributed by atoms with Crippen molar-refractivity contribution in [2.24, 2.45) is 0 Å². The molecular weight excluding hydrogens is 563 g/mol. The second-order valence-electron chi connectivity index (χ2n) is 10.6. The molecule has 0 saturated carbocycles. The first-order valence-corrected chi connectivity index (χ1v) is 16.8. The van der Waals surface area contributed by atoms with E-state index in [4.69, 9.17) is 26.1 Å². The molecule has 2 saturated heterocycles. The molecule has 0 amide bonds. The van der Waals surface area contributed by atoms with E-state index < -0.39 is 7.14 Å². The molecule has 1 aromatic carbocycles. The molecule has 5 rings (SSSR count). The number of piperazine rings is 1. The highest BCUT2D eigenvalue weighted by molar-refractivity contribution is 7.70. The molecule has 2 aliphatic heterocycles. The number of ether oxygens (including phenoxy) is 2. The monoisotopic (exact) mass is 600 g/mol. The molecule has 0 radical (unpaired) electrons. The lowest BCUT2D eigenvalue weighted by Crippen LogP contribution is -2.52. The minimum Gasteiger partial charge on any atom is -0.493 e. The maximum atomic E-state index is 12.8. The Morgan fingerprint density at radius 3 is 2.41 bits per heavy atom. The number of nitrogens with one attached hydrogen (secondary N) is 3. The van der Waals surface area contributed by atoms with Crippen LogP contribution in [-0.2, 0) is 4.57 Å². The Morgan fingerprint density at radius 1 is 1.00 bits per heavy atom. The summed E-state index contributed by atoms with van der Waals surface area (Å²) in [5, 5.41) is 10.9. The van der Waals surface area contributed by atoms with Crippen molar-refractivity contribution in [3.63, 3.8) is 0 Å². The van der Waals surface area contributed by atoms with Gasteiger partial charge in [0.1, 0.15) is 17.9 Å². The zero-order valence-corrected chi connectivity index (χ0v) is 25.6. The maximum Gasteiger partial charge on any atom is 0.239 e. The zero-order valence-electron chi connectivity index (χ0n) is 24.0. The topological polar surface area (TPSA) is 117 Å². The molecule has 2 aromatic heterocycles. The largest absolute Gasteiger partial charge is 0.493 e. The summed E-state index contributed by atoms with van der Waals surface area (Å²) in [5.41, 5.74) is 1.24. The van der Waals surface area contributed by atoms with E-state index in [0.29, 0.717) is 45.2 Å². The third-order valence-electron chi connectivity index (χ3n) is 7.51. The molecule has 0 spiro atoms. The summed E-state index contributed by atoms with van der Waals surface area (Å²) in [6.07, 6.45) is 3.67. The molecule has 11 nitrogen and oxygen atoms in total. The summed E-state index contributed by atoms with van der Waals surface area (Å²) in [4.78, 5) is 18.6. The number of hydrogen-bond donors (Lipinski definition) is 3. The molecule has 41 heavy (non-hydrogen) atoms. The molecule has 0 unspecified atom stereocenters. The van der Waals surface area contributed by atoms with Crippen LogP contribution in [0.1, 0.15) is 12.8 Å². The molecular formula is C28H38ClN8O3P. The van der Waals surface area contributed by atoms with Gasteiger partial charge in [-0.05, 0) is 38.3 Å². The lowest BCUT2D eigenvalue weighted by atomic mass is 10.0. The number of rotatable bonds is 9. The number of para-hydroxylation sites is 1. The summed E-state index contributed by atoms with van der Waals surface area (Å²) in [6, 6.07) is 9.88. The zero-order chi connectivity index (χ0) is 29.0. The highest BCUT2D eigenvalue weighted by atomic mass is 35.5. The molecule has 2 fully saturated rings. The van der Waals surface area contributed by atoms with Crippen LogP contribution in [0.4, 0.5) is 29.0 Å². The van der Waals surface area contributed by atoms with E-state index in [1.807, 2.05) is 30.3 Å². The number of benzene rings is 1. The molecule has 0 bridgehead atoms. The molecule has 220 valence electrons. The first-order valence-electron chi connectivity index (χ1n) is 13.8. The van der Waals surface area contributed by atoms with Crippen LogP contribution in [0.25, 0.3) is 0 Å². The number of aromatic nitrogens is 3. The molecule has 13 heteroatoms. The van der Waals surface area contributed by atoms with Crippen molar-refractivity contribution < 1.29 is 14.0 Å². The number of anilines is 5. The minimum atomic E-state index is -2.53. The fourth-order valence-corrected chi connectivity index (χ4v) is 6.69. The summed E-state index contributed by atoms with van der Waals surface area (Å²) in [6.45, 7) is 9.58. The van der Waals surface area contributed by atoms with Crippen molar-refractivity contribution >= 4 is 53.0 Å². The van der Waals surface area contributed by atoms with Gasteiger partial charge in [-0.3, -0.25) is 4.90 Å². The SMILES string of the molecule is COc1cc(Nc2ncc(Cl)c(Nc3ccccc3P(C)(C)=O)n2)c(OC)nc1N1CCC(N2CCNCC2)CC1. The van der Waals surface area contributed by atoms with Crippen LogP contribution in [0.5, 0.6) is 11.6 Å². The second-order valence-corrected chi connectivity index (χ2v) is 14.2. The Bertz CT molecular complexity index is 1410. The van der Waals surface area contributed by atoms with Gasteiger partial charge in [-0.2, -0.15) is 9.97 Å². The van der Waals surface area contributed by atoms with Gasteiger partial charge < -0.3 is 34.9 Å². The normalized spacial score (nSPS) is 16.9. The van der Waals surface area contributed by atoms with Gasteiger partial charge in [0.05, 0.1) is 26.1 Å². The number of pyridine rings is 1. The van der Waals surface area contributed by atoms with Crippen molar-refractivity contribution in [3.8, 4) is 11.6 Å². The van der Waals surface area contributed by atoms with E-state index in [0.717, 1.165) is 57.9 Å². The lowest BCUT2D eigenvalue weighted by Gasteiger charge is -2.41. The highest BCUT2D eigenvalue weighted by Gasteiger charge is 2.28. The standard InChI is InChI=1S/C28H38ClN8O3P/c1-39-23-17-22(27(40-2)35-26(23)37-13-9-19(10-14-37)36-15-11-30-12-16-36)33-28-31-18-20(29)25(34-28)32-21-7-5-6-8-24(21)41(3,4)38/h5-8,17-19,30H,9-16H2,1-4H3,(H2,31,32,33,34). The average molecular weight is 601 g/mol. The van der Waals surface area contributed by atoms with Gasteiger partial charge in [0.25, 0.3) is 0 Å². The van der Waals surface area contributed by atoms with Crippen LogP contribution in [0.3, 0.4) is 0 Å². The average Bonchev–Trinajstić information content (AvgIpc) is 2.99. The third kappa shape index (κ3) is 6.86. The van der Waals surface area contributed by atoms with E-state index in [1.165, 1.54) is 6.20 Å². The Morgan fingerprint density at radius 2 is 1.73 bits per heavy atom. The fraction of sp³-hybridized carbons (Fsp3) is 0.464. The Balaban J connectivity index is 1.35. The molecule has 3 N–H and O–H groups in total. The Kier molecular flexibility index (Phi) is 9.19. The van der Waals surface area contributed by atoms with Gasteiger partial charge in [-0.1, -0.05) is 23.7 Å².